The van der Waals surface area contributed by atoms with Gasteiger partial charge < -0.3 is 15.4 Å². The number of H-pyrrole nitrogens is 1. The summed E-state index contributed by atoms with van der Waals surface area (Å²) in [6.07, 6.45) is 2.48. The van der Waals surface area contributed by atoms with E-state index in [2.05, 4.69) is 26.8 Å². The normalized spacial score (nSPS) is 10.6. The summed E-state index contributed by atoms with van der Waals surface area (Å²) in [6, 6.07) is 3.95. The van der Waals surface area contributed by atoms with Crippen LogP contribution in [-0.4, -0.2) is 31.9 Å². The minimum absolute atomic E-state index is 0.0500. The van der Waals surface area contributed by atoms with E-state index >= 15 is 0 Å². The van der Waals surface area contributed by atoms with Gasteiger partial charge in [-0.05, 0) is 25.1 Å². The van der Waals surface area contributed by atoms with Crippen LogP contribution >= 0.6 is 0 Å². The Kier molecular flexibility index (Phi) is 4.02. The third kappa shape index (κ3) is 2.97. The molecule has 2 heterocycles. The van der Waals surface area contributed by atoms with Crippen molar-refractivity contribution in [3.05, 3.63) is 54.3 Å². The predicted octanol–water partition coefficient (Wildman–Crippen LogP) is 2.98. The van der Waals surface area contributed by atoms with E-state index in [0.29, 0.717) is 11.3 Å². The highest BCUT2D eigenvalue weighted by Crippen LogP contribution is 2.31. The lowest BCUT2D eigenvalue weighted by Gasteiger charge is -2.09. The second-order valence-electron chi connectivity index (χ2n) is 5.38. The number of rotatable bonds is 4. The largest absolute Gasteiger partial charge is 0.478 e. The maximum atomic E-state index is 14.4. The second kappa shape index (κ2) is 6.16. The van der Waals surface area contributed by atoms with Crippen LogP contribution in [-0.2, 0) is 4.79 Å². The molecule has 1 amide bonds. The Labute approximate surface area is 141 Å². The van der Waals surface area contributed by atoms with Gasteiger partial charge in [-0.1, -0.05) is 6.58 Å². The predicted molar refractivity (Wildman–Crippen MR) is 89.7 cm³/mol. The number of aromatic nitrogens is 3. The molecule has 1 aromatic carbocycles. The van der Waals surface area contributed by atoms with E-state index in [4.69, 9.17) is 0 Å². The topological polar surface area (TPSA) is 108 Å². The summed E-state index contributed by atoms with van der Waals surface area (Å²) in [7, 11) is 0. The van der Waals surface area contributed by atoms with Crippen LogP contribution in [0.5, 0.6) is 0 Å². The number of carboxylic acids is 1. The molecule has 0 saturated heterocycles. The maximum Gasteiger partial charge on any atom is 0.338 e. The van der Waals surface area contributed by atoms with Gasteiger partial charge >= 0.3 is 5.97 Å². The quantitative estimate of drug-likeness (QED) is 0.633. The first-order valence-electron chi connectivity index (χ1n) is 7.20. The molecule has 7 nitrogen and oxygen atoms in total. The molecule has 3 aromatic rings. The average molecular weight is 340 g/mol. The van der Waals surface area contributed by atoms with Crippen LogP contribution in [0.15, 0.2) is 42.9 Å². The molecule has 0 aliphatic heterocycles. The zero-order valence-corrected chi connectivity index (χ0v) is 13.1. The fourth-order valence-corrected chi connectivity index (χ4v) is 2.36. The van der Waals surface area contributed by atoms with Crippen LogP contribution < -0.4 is 5.32 Å². The van der Waals surface area contributed by atoms with Crippen LogP contribution in [0.4, 0.5) is 10.1 Å². The summed E-state index contributed by atoms with van der Waals surface area (Å²) in [5.41, 5.74) is 1.01. The molecular weight excluding hydrogens is 327 g/mol. The number of nitrogens with one attached hydrogen (secondary N) is 2. The Hall–Kier alpha value is -3.55. The third-order valence-corrected chi connectivity index (χ3v) is 3.57. The number of carbonyl (C=O) groups excluding carboxylic acids is 1. The molecule has 0 atom stereocenters. The number of aromatic amines is 1. The smallest absolute Gasteiger partial charge is 0.338 e. The van der Waals surface area contributed by atoms with Crippen molar-refractivity contribution in [3.8, 4) is 11.3 Å². The summed E-state index contributed by atoms with van der Waals surface area (Å²) >= 11 is 0. The minimum atomic E-state index is -1.19. The van der Waals surface area contributed by atoms with Gasteiger partial charge in [0.25, 0.3) is 5.91 Å². The second-order valence-corrected chi connectivity index (χ2v) is 5.38. The first-order valence-corrected chi connectivity index (χ1v) is 7.20. The molecule has 8 heteroatoms. The molecule has 25 heavy (non-hydrogen) atoms. The van der Waals surface area contributed by atoms with Crippen LogP contribution in [0.2, 0.25) is 0 Å². The maximum absolute atomic E-state index is 14.4. The SMILES string of the molecule is C=C(C)C(=O)Nc1ccc(F)c(-c2ncnc3[nH]cc(C(=O)O)c23)c1. The van der Waals surface area contributed by atoms with Gasteiger partial charge in [0, 0.05) is 23.0 Å². The fraction of sp³-hybridized carbons (Fsp3) is 0.0588. The van der Waals surface area contributed by atoms with Crippen LogP contribution in [0, 0.1) is 5.82 Å². The van der Waals surface area contributed by atoms with Crippen molar-refractivity contribution in [3.63, 3.8) is 0 Å². The number of carboxylic acid groups (broad SMARTS) is 1. The number of fused-ring (bicyclic) bond motifs is 1. The lowest BCUT2D eigenvalue weighted by atomic mass is 10.0. The van der Waals surface area contributed by atoms with Crippen molar-refractivity contribution >= 4 is 28.6 Å². The molecule has 0 aliphatic carbocycles. The number of nitrogens with zero attached hydrogens (tertiary/aromatic N) is 2. The molecule has 126 valence electrons. The minimum Gasteiger partial charge on any atom is -0.478 e. The van der Waals surface area contributed by atoms with Gasteiger partial charge in [0.05, 0.1) is 16.6 Å². The number of hydrogen-bond donors (Lipinski definition) is 3. The summed E-state index contributed by atoms with van der Waals surface area (Å²) in [5, 5.41) is 12.1. The van der Waals surface area contributed by atoms with Crippen molar-refractivity contribution < 1.29 is 19.1 Å². The first-order chi connectivity index (χ1) is 11.9. The van der Waals surface area contributed by atoms with Crippen molar-refractivity contribution in [1.29, 1.82) is 0 Å². The van der Waals surface area contributed by atoms with Crippen LogP contribution in [0.3, 0.4) is 0 Å². The molecule has 0 unspecified atom stereocenters. The van der Waals surface area contributed by atoms with Gasteiger partial charge in [-0.25, -0.2) is 19.2 Å². The Balaban J connectivity index is 2.18. The molecule has 0 fully saturated rings. The number of benzene rings is 1. The molecule has 2 aromatic heterocycles. The summed E-state index contributed by atoms with van der Waals surface area (Å²) < 4.78 is 14.4. The number of amides is 1. The zero-order chi connectivity index (χ0) is 18.1. The molecule has 0 aliphatic rings. The number of hydrogen-bond acceptors (Lipinski definition) is 4. The summed E-state index contributed by atoms with van der Waals surface area (Å²) in [5.74, 6) is -2.20. The van der Waals surface area contributed by atoms with E-state index in [1.54, 1.807) is 6.92 Å². The van der Waals surface area contributed by atoms with Gasteiger partial charge in [-0.2, -0.15) is 0 Å². The fourth-order valence-electron chi connectivity index (χ4n) is 2.36. The van der Waals surface area contributed by atoms with E-state index in [-0.39, 0.29) is 27.9 Å². The van der Waals surface area contributed by atoms with Gasteiger partial charge in [-0.15, -0.1) is 0 Å². The van der Waals surface area contributed by atoms with Crippen molar-refractivity contribution in [2.75, 3.05) is 5.32 Å². The Morgan fingerprint density at radius 3 is 2.76 bits per heavy atom. The van der Waals surface area contributed by atoms with Gasteiger partial charge in [0.1, 0.15) is 17.8 Å². The molecule has 0 saturated carbocycles. The van der Waals surface area contributed by atoms with Gasteiger partial charge in [0.15, 0.2) is 0 Å². The molecule has 0 radical (unpaired) electrons. The highest BCUT2D eigenvalue weighted by molar-refractivity contribution is 6.08. The van der Waals surface area contributed by atoms with E-state index in [1.165, 1.54) is 30.7 Å². The Bertz CT molecular complexity index is 1030. The van der Waals surface area contributed by atoms with Gasteiger partial charge in [0.2, 0.25) is 0 Å². The van der Waals surface area contributed by atoms with Crippen molar-refractivity contribution in [2.24, 2.45) is 0 Å². The Morgan fingerprint density at radius 2 is 2.08 bits per heavy atom. The van der Waals surface area contributed by atoms with Gasteiger partial charge in [-0.3, -0.25) is 4.79 Å². The van der Waals surface area contributed by atoms with Crippen molar-refractivity contribution in [1.82, 2.24) is 15.0 Å². The average Bonchev–Trinajstić information content (AvgIpc) is 3.01. The Morgan fingerprint density at radius 1 is 1.32 bits per heavy atom. The molecule has 0 spiro atoms. The number of halogens is 1. The summed E-state index contributed by atoms with van der Waals surface area (Å²) in [6.45, 7) is 5.09. The molecule has 0 bridgehead atoms. The number of carbonyl (C=O) groups is 2. The lowest BCUT2D eigenvalue weighted by Crippen LogP contribution is -2.12. The van der Waals surface area contributed by atoms with E-state index in [0.717, 1.165) is 0 Å². The standard InChI is InChI=1S/C17H13FN4O3/c1-8(2)16(23)22-9-3-4-12(18)10(5-9)14-13-11(17(24)25)6-19-15(13)21-7-20-14/h3-7H,1H2,2H3,(H,22,23)(H,24,25)(H,19,20,21). The molecule has 3 N–H and O–H groups in total. The molecular formula is C17H13FN4O3. The van der Waals surface area contributed by atoms with E-state index < -0.39 is 17.7 Å². The number of anilines is 1. The highest BCUT2D eigenvalue weighted by atomic mass is 19.1. The third-order valence-electron chi connectivity index (χ3n) is 3.57. The van der Waals surface area contributed by atoms with Crippen LogP contribution in [0.1, 0.15) is 17.3 Å². The van der Waals surface area contributed by atoms with E-state index in [1.807, 2.05) is 0 Å². The number of aromatic carboxylic acids is 1. The first kappa shape index (κ1) is 16.3. The summed E-state index contributed by atoms with van der Waals surface area (Å²) in [4.78, 5) is 33.9. The highest BCUT2D eigenvalue weighted by Gasteiger charge is 2.19. The van der Waals surface area contributed by atoms with Crippen molar-refractivity contribution in [2.45, 2.75) is 6.92 Å². The monoisotopic (exact) mass is 340 g/mol. The zero-order valence-electron chi connectivity index (χ0n) is 13.1. The lowest BCUT2D eigenvalue weighted by molar-refractivity contribution is -0.112. The molecule has 3 rings (SSSR count). The van der Waals surface area contributed by atoms with E-state index in [9.17, 15) is 19.1 Å². The van der Waals surface area contributed by atoms with Crippen LogP contribution in [0.25, 0.3) is 22.3 Å².